The predicted octanol–water partition coefficient (Wildman–Crippen LogP) is 1.79. The summed E-state index contributed by atoms with van der Waals surface area (Å²) in [5.41, 5.74) is 2.53. The van der Waals surface area contributed by atoms with Crippen molar-refractivity contribution in [3.8, 4) is 0 Å². The molecular weight excluding hydrogens is 446 g/mol. The summed E-state index contributed by atoms with van der Waals surface area (Å²) >= 11 is 0. The molecule has 2 aromatic rings. The van der Waals surface area contributed by atoms with Crippen LogP contribution in [-0.2, 0) is 27.5 Å². The maximum absolute atomic E-state index is 13.1. The minimum Gasteiger partial charge on any atom is -0.343 e. The van der Waals surface area contributed by atoms with E-state index in [2.05, 4.69) is 13.2 Å². The number of para-hydroxylation sites is 1. The molecule has 182 valence electrons. The Morgan fingerprint density at radius 1 is 1.06 bits per heavy atom. The first-order chi connectivity index (χ1) is 17.0. The molecule has 2 saturated heterocycles. The largest absolute Gasteiger partial charge is 0.343 e. The maximum Gasteiger partial charge on any atom is 0.242 e. The number of nitrogens with zero attached hydrogens (tertiary/aromatic N) is 5. The summed E-state index contributed by atoms with van der Waals surface area (Å²) in [5, 5.41) is 4.01. The minimum absolute atomic E-state index is 0.0285. The van der Waals surface area contributed by atoms with Gasteiger partial charge in [-0.25, -0.2) is 5.01 Å². The first-order valence-electron chi connectivity index (χ1n) is 11.9. The van der Waals surface area contributed by atoms with Crippen LogP contribution in [0.4, 0.5) is 0 Å². The van der Waals surface area contributed by atoms with Gasteiger partial charge in [0.1, 0.15) is 12.7 Å². The van der Waals surface area contributed by atoms with E-state index < -0.39 is 6.17 Å². The van der Waals surface area contributed by atoms with E-state index in [9.17, 15) is 19.2 Å². The lowest BCUT2D eigenvalue weighted by Gasteiger charge is -2.51. The number of carbonyl (C=O) groups is 4. The van der Waals surface area contributed by atoms with Gasteiger partial charge in [0, 0.05) is 42.7 Å². The molecule has 5 rings (SSSR count). The number of fused-ring (bicyclic) bond motifs is 2. The van der Waals surface area contributed by atoms with Gasteiger partial charge in [0.15, 0.2) is 5.78 Å². The lowest BCUT2D eigenvalue weighted by Crippen LogP contribution is -2.71. The highest BCUT2D eigenvalue weighted by Crippen LogP contribution is 2.36. The van der Waals surface area contributed by atoms with Crippen LogP contribution in [0.2, 0.25) is 0 Å². The molecule has 1 aromatic carbocycles. The van der Waals surface area contributed by atoms with Crippen LogP contribution >= 0.6 is 0 Å². The lowest BCUT2D eigenvalue weighted by molar-refractivity contribution is -0.191. The monoisotopic (exact) mass is 475 g/mol. The molecule has 1 unspecified atom stereocenters. The molecule has 35 heavy (non-hydrogen) atoms. The summed E-state index contributed by atoms with van der Waals surface area (Å²) in [4.78, 5) is 53.8. The van der Waals surface area contributed by atoms with Crippen molar-refractivity contribution in [3.63, 3.8) is 0 Å². The average molecular weight is 476 g/mol. The molecule has 3 aliphatic rings. The number of amides is 3. The van der Waals surface area contributed by atoms with Crippen molar-refractivity contribution < 1.29 is 19.2 Å². The van der Waals surface area contributed by atoms with Gasteiger partial charge < -0.3 is 14.4 Å². The van der Waals surface area contributed by atoms with Crippen LogP contribution < -0.4 is 0 Å². The van der Waals surface area contributed by atoms with Crippen LogP contribution in [0.25, 0.3) is 10.9 Å². The maximum atomic E-state index is 13.1. The van der Waals surface area contributed by atoms with E-state index in [1.54, 1.807) is 22.1 Å². The average Bonchev–Trinajstić information content (AvgIpc) is 3.63. The third-order valence-corrected chi connectivity index (χ3v) is 7.00. The van der Waals surface area contributed by atoms with Gasteiger partial charge in [-0.2, -0.15) is 0 Å². The number of ketones is 1. The molecule has 3 heterocycles. The molecule has 0 bridgehead atoms. The molecule has 0 N–H and O–H groups in total. The molecule has 9 heteroatoms. The standard InChI is InChI=1S/C26H29N5O4/c1-3-10-27-13-21(26(35)18-8-9-18)20-7-5-6-19(25(20)27)12-28-14-22-30(16-23(28)33)24(34)15-29(11-4-2)31(22)17-32/h3-7,13,17-18,22H,1-2,8-12,14-16H2. The van der Waals surface area contributed by atoms with Gasteiger partial charge in [0.05, 0.1) is 18.6 Å². The van der Waals surface area contributed by atoms with E-state index in [0.717, 1.165) is 29.3 Å². The van der Waals surface area contributed by atoms with Gasteiger partial charge in [0.2, 0.25) is 18.2 Å². The predicted molar refractivity (Wildman–Crippen MR) is 130 cm³/mol. The molecule has 0 radical (unpaired) electrons. The van der Waals surface area contributed by atoms with Crippen molar-refractivity contribution in [1.29, 1.82) is 0 Å². The van der Waals surface area contributed by atoms with E-state index >= 15 is 0 Å². The van der Waals surface area contributed by atoms with Gasteiger partial charge >= 0.3 is 0 Å². The SMILES string of the molecule is C=CCN1CC(=O)N2CC(=O)N(Cc3cccc4c(C(=O)C5CC5)cn(CC=C)c34)CC2N1C=O. The first-order valence-corrected chi connectivity index (χ1v) is 11.9. The normalized spacial score (nSPS) is 20.8. The highest BCUT2D eigenvalue weighted by atomic mass is 16.2. The van der Waals surface area contributed by atoms with Gasteiger partial charge in [-0.05, 0) is 18.4 Å². The van der Waals surface area contributed by atoms with E-state index in [1.165, 1.54) is 9.91 Å². The Kier molecular flexibility index (Phi) is 6.02. The quantitative estimate of drug-likeness (QED) is 0.314. The molecular formula is C26H29N5O4. The highest BCUT2D eigenvalue weighted by Gasteiger charge is 2.44. The van der Waals surface area contributed by atoms with E-state index in [0.29, 0.717) is 31.6 Å². The molecule has 3 fully saturated rings. The van der Waals surface area contributed by atoms with Gasteiger partial charge in [-0.3, -0.25) is 24.2 Å². The summed E-state index contributed by atoms with van der Waals surface area (Å²) in [5.74, 6) is -0.0871. The molecule has 3 amide bonds. The topological polar surface area (TPSA) is 86.2 Å². The minimum atomic E-state index is -0.572. The summed E-state index contributed by atoms with van der Waals surface area (Å²) in [6, 6.07) is 5.82. The zero-order chi connectivity index (χ0) is 24.7. The Balaban J connectivity index is 1.47. The van der Waals surface area contributed by atoms with Gasteiger partial charge in [-0.15, -0.1) is 13.2 Å². The fourth-order valence-corrected chi connectivity index (χ4v) is 5.16. The first kappa shape index (κ1) is 23.0. The van der Waals surface area contributed by atoms with Crippen LogP contribution in [0.3, 0.4) is 0 Å². The molecule has 2 aliphatic heterocycles. The zero-order valence-electron chi connectivity index (χ0n) is 19.6. The number of piperazine rings is 1. The molecule has 1 saturated carbocycles. The summed E-state index contributed by atoms with van der Waals surface area (Å²) in [7, 11) is 0. The van der Waals surface area contributed by atoms with Crippen molar-refractivity contribution in [2.24, 2.45) is 5.92 Å². The summed E-state index contributed by atoms with van der Waals surface area (Å²) in [6.45, 7) is 8.92. The number of aromatic nitrogens is 1. The second kappa shape index (κ2) is 9.14. The second-order valence-electron chi connectivity index (χ2n) is 9.33. The van der Waals surface area contributed by atoms with Crippen LogP contribution in [0.1, 0.15) is 28.8 Å². The van der Waals surface area contributed by atoms with Gasteiger partial charge in [0.25, 0.3) is 0 Å². The second-order valence-corrected chi connectivity index (χ2v) is 9.33. The van der Waals surface area contributed by atoms with Crippen molar-refractivity contribution in [3.05, 3.63) is 60.8 Å². The fourth-order valence-electron chi connectivity index (χ4n) is 5.16. The van der Waals surface area contributed by atoms with Crippen molar-refractivity contribution >= 4 is 34.9 Å². The van der Waals surface area contributed by atoms with E-state index in [1.807, 2.05) is 29.0 Å². The Morgan fingerprint density at radius 2 is 1.83 bits per heavy atom. The highest BCUT2D eigenvalue weighted by molar-refractivity contribution is 6.10. The Morgan fingerprint density at radius 3 is 2.51 bits per heavy atom. The van der Waals surface area contributed by atoms with Crippen LogP contribution in [0.5, 0.6) is 0 Å². The fraction of sp³-hybridized carbons (Fsp3) is 0.385. The molecule has 9 nitrogen and oxygen atoms in total. The third-order valence-electron chi connectivity index (χ3n) is 7.00. The number of hydrazine groups is 1. The number of hydrogen-bond donors (Lipinski definition) is 0. The summed E-state index contributed by atoms with van der Waals surface area (Å²) < 4.78 is 2.02. The van der Waals surface area contributed by atoms with Crippen LogP contribution in [0, 0.1) is 5.92 Å². The molecule has 1 aromatic heterocycles. The molecule has 1 aliphatic carbocycles. The number of Topliss-reactive ketones (excluding diaryl/α,β-unsaturated/α-hetero) is 1. The number of benzene rings is 1. The zero-order valence-corrected chi connectivity index (χ0v) is 19.6. The lowest BCUT2D eigenvalue weighted by atomic mass is 10.0. The Bertz CT molecular complexity index is 1230. The number of rotatable bonds is 9. The molecule has 1 atom stereocenters. The molecule has 0 spiro atoms. The van der Waals surface area contributed by atoms with Crippen molar-refractivity contribution in [2.45, 2.75) is 32.1 Å². The summed E-state index contributed by atoms with van der Waals surface area (Å²) in [6.07, 6.45) is 7.32. The van der Waals surface area contributed by atoms with Gasteiger partial charge in [-0.1, -0.05) is 30.4 Å². The Hall–Kier alpha value is -3.72. The van der Waals surface area contributed by atoms with E-state index in [4.69, 9.17) is 0 Å². The number of hydrogen-bond acceptors (Lipinski definition) is 5. The van der Waals surface area contributed by atoms with Crippen molar-refractivity contribution in [2.75, 3.05) is 26.2 Å². The smallest absolute Gasteiger partial charge is 0.242 e. The van der Waals surface area contributed by atoms with Crippen LogP contribution in [0.15, 0.2) is 49.7 Å². The Labute approximate surface area is 203 Å². The van der Waals surface area contributed by atoms with E-state index in [-0.39, 0.29) is 43.1 Å². The number of carbonyl (C=O) groups excluding carboxylic acids is 4. The van der Waals surface area contributed by atoms with Crippen LogP contribution in [-0.4, -0.2) is 80.7 Å². The number of allylic oxidation sites excluding steroid dienone is 1. The van der Waals surface area contributed by atoms with Crippen molar-refractivity contribution in [1.82, 2.24) is 24.4 Å². The third kappa shape index (κ3) is 4.05.